The predicted octanol–water partition coefficient (Wildman–Crippen LogP) is 3.85. The highest BCUT2D eigenvalue weighted by Gasteiger charge is 2.42. The second-order valence-corrected chi connectivity index (χ2v) is 7.88. The molecule has 5 heteroatoms. The van der Waals surface area contributed by atoms with Crippen molar-refractivity contribution in [2.45, 2.75) is 37.8 Å². The fraction of sp³-hybridized carbons (Fsp3) is 0.478. The molecule has 28 heavy (non-hydrogen) atoms. The number of piperidine rings is 3. The summed E-state index contributed by atoms with van der Waals surface area (Å²) >= 11 is 0. The summed E-state index contributed by atoms with van der Waals surface area (Å²) in [5.41, 5.74) is 1.78. The van der Waals surface area contributed by atoms with Gasteiger partial charge in [-0.1, -0.05) is 6.08 Å². The molecule has 3 saturated heterocycles. The summed E-state index contributed by atoms with van der Waals surface area (Å²) in [7, 11) is 0. The molecule has 1 aromatic carbocycles. The van der Waals surface area contributed by atoms with Crippen molar-refractivity contribution in [3.8, 4) is 11.8 Å². The van der Waals surface area contributed by atoms with Gasteiger partial charge in [-0.25, -0.2) is 0 Å². The Hall–Kier alpha value is -2.42. The maximum atomic E-state index is 11.3. The molecule has 0 aliphatic carbocycles. The van der Waals surface area contributed by atoms with E-state index in [1.807, 2.05) is 24.3 Å². The van der Waals surface area contributed by atoms with Crippen LogP contribution < -0.4 is 4.74 Å². The number of unbranched alkanes of at least 4 members (excludes halogenated alkanes) is 1. The maximum Gasteiger partial charge on any atom is 0.120 e. The van der Waals surface area contributed by atoms with Crippen LogP contribution in [-0.4, -0.2) is 40.7 Å². The quantitative estimate of drug-likeness (QED) is 0.586. The molecule has 3 aliphatic rings. The lowest BCUT2D eigenvalue weighted by atomic mass is 9.73. The number of nitrogens with zero attached hydrogens (tertiary/aromatic N) is 3. The van der Waals surface area contributed by atoms with Gasteiger partial charge < -0.3 is 9.84 Å². The highest BCUT2D eigenvalue weighted by Crippen LogP contribution is 2.42. The Morgan fingerprint density at radius 1 is 1.43 bits per heavy atom. The van der Waals surface area contributed by atoms with Gasteiger partial charge in [-0.05, 0) is 67.5 Å². The van der Waals surface area contributed by atoms with Gasteiger partial charge in [0.05, 0.1) is 24.3 Å². The van der Waals surface area contributed by atoms with E-state index < -0.39 is 6.10 Å². The van der Waals surface area contributed by atoms with Crippen LogP contribution >= 0.6 is 0 Å². The SMILES string of the molecule is C=C[C@H]1CN2CC[C@H]1C[C@@H]2[C@@H](O)c1ccnc2ccc(OCCCC#N)cc12. The van der Waals surface area contributed by atoms with E-state index in [0.717, 1.165) is 41.7 Å². The molecular formula is C23H27N3O2. The molecule has 4 heterocycles. The van der Waals surface area contributed by atoms with Gasteiger partial charge in [-0.2, -0.15) is 5.26 Å². The molecule has 1 aromatic heterocycles. The topological polar surface area (TPSA) is 69.4 Å². The van der Waals surface area contributed by atoms with Crippen LogP contribution in [0.15, 0.2) is 43.1 Å². The first-order valence-corrected chi connectivity index (χ1v) is 10.1. The molecule has 3 fully saturated rings. The standard InChI is InChI=1S/C23H27N3O2/c1-2-16-15-26-11-8-17(16)13-22(26)23(27)19-7-10-25-21-6-5-18(14-20(19)21)28-12-4-3-9-24/h2,5-7,10,14,16-17,22-23,27H,1,3-4,8,11-13,15H2/t16-,17-,22+,23-/m0/s1. The third-order valence-corrected chi connectivity index (χ3v) is 6.29. The van der Waals surface area contributed by atoms with Crippen LogP contribution in [0.1, 0.15) is 37.4 Å². The summed E-state index contributed by atoms with van der Waals surface area (Å²) < 4.78 is 5.79. The fourth-order valence-electron chi connectivity index (χ4n) is 4.75. The zero-order valence-electron chi connectivity index (χ0n) is 16.1. The van der Waals surface area contributed by atoms with Gasteiger partial charge in [0.15, 0.2) is 0 Å². The van der Waals surface area contributed by atoms with Crippen molar-refractivity contribution in [1.29, 1.82) is 5.26 Å². The second kappa shape index (κ2) is 8.30. The maximum absolute atomic E-state index is 11.3. The van der Waals surface area contributed by atoms with Gasteiger partial charge in [0, 0.05) is 30.6 Å². The van der Waals surface area contributed by atoms with Gasteiger partial charge >= 0.3 is 0 Å². The van der Waals surface area contributed by atoms with Crippen LogP contribution in [-0.2, 0) is 0 Å². The van der Waals surface area contributed by atoms with Gasteiger partial charge in [0.2, 0.25) is 0 Å². The van der Waals surface area contributed by atoms with E-state index >= 15 is 0 Å². The second-order valence-electron chi connectivity index (χ2n) is 7.88. The molecule has 0 amide bonds. The molecule has 5 atom stereocenters. The van der Waals surface area contributed by atoms with Crippen LogP contribution in [0.2, 0.25) is 0 Å². The monoisotopic (exact) mass is 377 g/mol. The van der Waals surface area contributed by atoms with E-state index in [-0.39, 0.29) is 6.04 Å². The number of aromatic nitrogens is 1. The molecule has 5 rings (SSSR count). The van der Waals surface area contributed by atoms with Gasteiger partial charge in [0.25, 0.3) is 0 Å². The Morgan fingerprint density at radius 2 is 2.32 bits per heavy atom. The molecule has 5 nitrogen and oxygen atoms in total. The zero-order valence-corrected chi connectivity index (χ0v) is 16.1. The summed E-state index contributed by atoms with van der Waals surface area (Å²) in [5, 5.41) is 20.9. The summed E-state index contributed by atoms with van der Waals surface area (Å²) in [6, 6.07) is 10.0. The number of aliphatic hydroxyl groups excluding tert-OH is 1. The minimum absolute atomic E-state index is 0.140. The Balaban J connectivity index is 1.57. The van der Waals surface area contributed by atoms with Crippen molar-refractivity contribution in [2.75, 3.05) is 19.7 Å². The van der Waals surface area contributed by atoms with Crippen molar-refractivity contribution >= 4 is 10.9 Å². The Labute approximate surface area is 166 Å². The lowest BCUT2D eigenvalue weighted by Crippen LogP contribution is -2.54. The summed E-state index contributed by atoms with van der Waals surface area (Å²) in [4.78, 5) is 6.88. The normalized spacial score (nSPS) is 27.3. The van der Waals surface area contributed by atoms with Gasteiger partial charge in [-0.15, -0.1) is 6.58 Å². The van der Waals surface area contributed by atoms with E-state index in [1.165, 1.54) is 6.42 Å². The van der Waals surface area contributed by atoms with Crippen molar-refractivity contribution in [2.24, 2.45) is 11.8 Å². The minimum atomic E-state index is -0.548. The average Bonchev–Trinajstić information content (AvgIpc) is 2.76. The lowest BCUT2D eigenvalue weighted by molar-refractivity contribution is -0.0444. The van der Waals surface area contributed by atoms with Crippen LogP contribution in [0.3, 0.4) is 0 Å². The van der Waals surface area contributed by atoms with Crippen LogP contribution in [0.25, 0.3) is 10.9 Å². The lowest BCUT2D eigenvalue weighted by Gasteiger charge is -2.50. The number of hydrogen-bond donors (Lipinski definition) is 1. The Kier molecular flexibility index (Phi) is 5.61. The summed E-state index contributed by atoms with van der Waals surface area (Å²) in [5.74, 6) is 1.91. The molecule has 0 saturated carbocycles. The van der Waals surface area contributed by atoms with E-state index in [2.05, 4.69) is 28.6 Å². The third-order valence-electron chi connectivity index (χ3n) is 6.29. The number of aliphatic hydroxyl groups is 1. The van der Waals surface area contributed by atoms with Crippen molar-refractivity contribution < 1.29 is 9.84 Å². The van der Waals surface area contributed by atoms with E-state index in [4.69, 9.17) is 10.00 Å². The Morgan fingerprint density at radius 3 is 3.07 bits per heavy atom. The van der Waals surface area contributed by atoms with Crippen LogP contribution in [0.5, 0.6) is 5.75 Å². The minimum Gasteiger partial charge on any atom is -0.494 e. The number of fused-ring (bicyclic) bond motifs is 4. The molecular weight excluding hydrogens is 350 g/mol. The first-order valence-electron chi connectivity index (χ1n) is 10.1. The van der Waals surface area contributed by atoms with Crippen LogP contribution in [0.4, 0.5) is 0 Å². The van der Waals surface area contributed by atoms with E-state index in [0.29, 0.717) is 31.3 Å². The first kappa shape index (κ1) is 18.9. The zero-order chi connectivity index (χ0) is 19.5. The highest BCUT2D eigenvalue weighted by atomic mass is 16.5. The predicted molar refractivity (Wildman–Crippen MR) is 109 cm³/mol. The summed E-state index contributed by atoms with van der Waals surface area (Å²) in [6.07, 6.45) is 6.70. The number of rotatable bonds is 7. The number of pyridine rings is 1. The molecule has 2 aromatic rings. The van der Waals surface area contributed by atoms with E-state index in [1.54, 1.807) is 6.20 Å². The Bertz CT molecular complexity index is 891. The number of benzene rings is 1. The summed E-state index contributed by atoms with van der Waals surface area (Å²) in [6.45, 7) is 6.54. The molecule has 3 aliphatic heterocycles. The van der Waals surface area contributed by atoms with Crippen LogP contribution in [0, 0.1) is 23.2 Å². The molecule has 1 N–H and O–H groups in total. The molecule has 0 spiro atoms. The number of ether oxygens (including phenoxy) is 1. The van der Waals surface area contributed by atoms with Crippen molar-refractivity contribution in [3.05, 3.63) is 48.7 Å². The fourth-order valence-corrected chi connectivity index (χ4v) is 4.75. The molecule has 0 radical (unpaired) electrons. The molecule has 1 unspecified atom stereocenters. The van der Waals surface area contributed by atoms with E-state index in [9.17, 15) is 5.11 Å². The van der Waals surface area contributed by atoms with Crippen molar-refractivity contribution in [3.63, 3.8) is 0 Å². The third kappa shape index (κ3) is 3.63. The first-order chi connectivity index (χ1) is 13.7. The van der Waals surface area contributed by atoms with Gasteiger partial charge in [-0.3, -0.25) is 9.88 Å². The molecule has 146 valence electrons. The average molecular weight is 377 g/mol. The van der Waals surface area contributed by atoms with Crippen molar-refractivity contribution in [1.82, 2.24) is 9.88 Å². The number of hydrogen-bond acceptors (Lipinski definition) is 5. The molecule has 2 bridgehead atoms. The largest absolute Gasteiger partial charge is 0.494 e. The number of nitriles is 1. The smallest absolute Gasteiger partial charge is 0.120 e. The highest BCUT2D eigenvalue weighted by molar-refractivity contribution is 5.84. The van der Waals surface area contributed by atoms with Gasteiger partial charge in [0.1, 0.15) is 5.75 Å².